The second kappa shape index (κ2) is 5.69. The minimum absolute atomic E-state index is 0.170. The lowest BCUT2D eigenvalue weighted by Gasteiger charge is -2.28. The summed E-state index contributed by atoms with van der Waals surface area (Å²) in [7, 11) is 0. The first kappa shape index (κ1) is 13.3. The van der Waals surface area contributed by atoms with Gasteiger partial charge in [-0.1, -0.05) is 6.07 Å². The number of rotatable bonds is 3. The number of piperidine rings is 1. The van der Waals surface area contributed by atoms with Gasteiger partial charge in [0.15, 0.2) is 0 Å². The van der Waals surface area contributed by atoms with Crippen molar-refractivity contribution in [3.05, 3.63) is 35.4 Å². The van der Waals surface area contributed by atoms with Gasteiger partial charge in [-0.05, 0) is 49.1 Å². The Bertz CT molecular complexity index is 534. The van der Waals surface area contributed by atoms with Crippen molar-refractivity contribution in [2.24, 2.45) is 0 Å². The number of anilines is 1. The molecule has 1 fully saturated rings. The Kier molecular flexibility index (Phi) is 4.00. The molecule has 1 amide bonds. The van der Waals surface area contributed by atoms with Crippen LogP contribution in [0.1, 0.15) is 30.4 Å². The second-order valence-corrected chi connectivity index (χ2v) is 4.72. The number of hydrogen-bond acceptors (Lipinski definition) is 2. The summed E-state index contributed by atoms with van der Waals surface area (Å²) >= 11 is 0. The number of amides is 1. The van der Waals surface area contributed by atoms with E-state index >= 15 is 0 Å². The molecule has 0 aromatic heterocycles. The zero-order valence-corrected chi connectivity index (χ0v) is 10.9. The van der Waals surface area contributed by atoms with Crippen LogP contribution in [-0.4, -0.2) is 23.5 Å². The third-order valence-electron chi connectivity index (χ3n) is 3.25. The highest BCUT2D eigenvalue weighted by Gasteiger charge is 2.20. The lowest BCUT2D eigenvalue weighted by Crippen LogP contribution is -2.35. The van der Waals surface area contributed by atoms with Gasteiger partial charge in [-0.3, -0.25) is 4.79 Å². The number of carboxylic acid groups (broad SMARTS) is 1. The van der Waals surface area contributed by atoms with Crippen LogP contribution in [0.4, 0.5) is 5.69 Å². The highest BCUT2D eigenvalue weighted by Crippen LogP contribution is 2.25. The Morgan fingerprint density at radius 1 is 1.37 bits per heavy atom. The maximum Gasteiger partial charge on any atom is 0.328 e. The average Bonchev–Trinajstić information content (AvgIpc) is 2.38. The molecule has 1 aromatic rings. The fraction of sp³-hybridized carbons (Fsp3) is 0.333. The molecule has 1 heterocycles. The van der Waals surface area contributed by atoms with Crippen molar-refractivity contribution < 1.29 is 14.7 Å². The van der Waals surface area contributed by atoms with Crippen molar-refractivity contribution >= 4 is 23.6 Å². The van der Waals surface area contributed by atoms with Crippen LogP contribution in [0.3, 0.4) is 0 Å². The SMILES string of the molecule is Cc1cc(C=CC(=O)O)ccc1N1CCCCC1=O. The van der Waals surface area contributed by atoms with Crippen molar-refractivity contribution in [3.8, 4) is 0 Å². The molecule has 0 aliphatic carbocycles. The van der Waals surface area contributed by atoms with E-state index in [1.54, 1.807) is 6.08 Å². The van der Waals surface area contributed by atoms with Crippen molar-refractivity contribution in [1.29, 1.82) is 0 Å². The topological polar surface area (TPSA) is 57.6 Å². The smallest absolute Gasteiger partial charge is 0.328 e. The number of aryl methyl sites for hydroxylation is 1. The molecule has 0 radical (unpaired) electrons. The number of carbonyl (C=O) groups is 2. The van der Waals surface area contributed by atoms with Crippen LogP contribution in [0.5, 0.6) is 0 Å². The molecule has 1 saturated heterocycles. The van der Waals surface area contributed by atoms with E-state index in [0.717, 1.165) is 42.3 Å². The Morgan fingerprint density at radius 2 is 2.16 bits per heavy atom. The summed E-state index contributed by atoms with van der Waals surface area (Å²) in [5.41, 5.74) is 2.74. The molecule has 1 aliphatic rings. The van der Waals surface area contributed by atoms with Gasteiger partial charge in [-0.25, -0.2) is 4.79 Å². The fourth-order valence-corrected chi connectivity index (χ4v) is 2.31. The van der Waals surface area contributed by atoms with Crippen molar-refractivity contribution in [2.75, 3.05) is 11.4 Å². The summed E-state index contributed by atoms with van der Waals surface area (Å²) in [5.74, 6) is -0.795. The lowest BCUT2D eigenvalue weighted by molar-refractivity contribution is -0.131. The van der Waals surface area contributed by atoms with E-state index in [9.17, 15) is 9.59 Å². The molecule has 0 unspecified atom stereocenters. The van der Waals surface area contributed by atoms with E-state index in [1.807, 2.05) is 30.0 Å². The van der Waals surface area contributed by atoms with Crippen LogP contribution in [0.15, 0.2) is 24.3 Å². The van der Waals surface area contributed by atoms with Crippen LogP contribution in [0, 0.1) is 6.92 Å². The summed E-state index contributed by atoms with van der Waals surface area (Å²) in [6.45, 7) is 2.71. The first-order valence-corrected chi connectivity index (χ1v) is 6.40. The number of hydrogen-bond donors (Lipinski definition) is 1. The predicted octanol–water partition coefficient (Wildman–Crippen LogP) is 2.61. The van der Waals surface area contributed by atoms with E-state index in [0.29, 0.717) is 6.42 Å². The maximum atomic E-state index is 11.9. The van der Waals surface area contributed by atoms with Crippen LogP contribution in [-0.2, 0) is 9.59 Å². The Morgan fingerprint density at radius 3 is 2.79 bits per heavy atom. The van der Waals surface area contributed by atoms with Gasteiger partial charge in [-0.15, -0.1) is 0 Å². The van der Waals surface area contributed by atoms with Gasteiger partial charge in [0.25, 0.3) is 0 Å². The van der Waals surface area contributed by atoms with Crippen molar-refractivity contribution in [3.63, 3.8) is 0 Å². The fourth-order valence-electron chi connectivity index (χ4n) is 2.31. The van der Waals surface area contributed by atoms with E-state index in [1.165, 1.54) is 0 Å². The summed E-state index contributed by atoms with van der Waals surface area (Å²) in [4.78, 5) is 24.2. The molecule has 0 saturated carbocycles. The first-order chi connectivity index (χ1) is 9.08. The highest BCUT2D eigenvalue weighted by molar-refractivity contribution is 5.95. The number of nitrogens with zero attached hydrogens (tertiary/aromatic N) is 1. The molecule has 19 heavy (non-hydrogen) atoms. The minimum Gasteiger partial charge on any atom is -0.478 e. The van der Waals surface area contributed by atoms with Gasteiger partial charge in [0.2, 0.25) is 5.91 Å². The second-order valence-electron chi connectivity index (χ2n) is 4.72. The van der Waals surface area contributed by atoms with Crippen LogP contribution >= 0.6 is 0 Å². The molecule has 0 atom stereocenters. The standard InChI is InChI=1S/C15H17NO3/c1-11-10-12(6-8-15(18)19)5-7-13(11)16-9-3-2-4-14(16)17/h5-8,10H,2-4,9H2,1H3,(H,18,19). The Labute approximate surface area is 112 Å². The van der Waals surface area contributed by atoms with E-state index in [2.05, 4.69) is 0 Å². The van der Waals surface area contributed by atoms with Crippen LogP contribution in [0.2, 0.25) is 0 Å². The van der Waals surface area contributed by atoms with Gasteiger partial charge >= 0.3 is 5.97 Å². The van der Waals surface area contributed by atoms with E-state index in [4.69, 9.17) is 5.11 Å². The lowest BCUT2D eigenvalue weighted by atomic mass is 10.0. The molecule has 1 aliphatic heterocycles. The van der Waals surface area contributed by atoms with Crippen molar-refractivity contribution in [1.82, 2.24) is 0 Å². The quantitative estimate of drug-likeness (QED) is 0.849. The molecule has 1 aromatic carbocycles. The number of carboxylic acids is 1. The van der Waals surface area contributed by atoms with Gasteiger partial charge in [0.05, 0.1) is 0 Å². The summed E-state index contributed by atoms with van der Waals surface area (Å²) in [6, 6.07) is 5.63. The van der Waals surface area contributed by atoms with Gasteiger partial charge < -0.3 is 10.0 Å². The molecule has 1 N–H and O–H groups in total. The third-order valence-corrected chi connectivity index (χ3v) is 3.25. The van der Waals surface area contributed by atoms with E-state index < -0.39 is 5.97 Å². The largest absolute Gasteiger partial charge is 0.478 e. The minimum atomic E-state index is -0.965. The number of benzene rings is 1. The molecule has 0 bridgehead atoms. The summed E-state index contributed by atoms with van der Waals surface area (Å²) < 4.78 is 0. The van der Waals surface area contributed by atoms with Crippen LogP contribution in [0.25, 0.3) is 6.08 Å². The van der Waals surface area contributed by atoms with E-state index in [-0.39, 0.29) is 5.91 Å². The van der Waals surface area contributed by atoms with Gasteiger partial charge in [0.1, 0.15) is 0 Å². The Balaban J connectivity index is 2.23. The van der Waals surface area contributed by atoms with Gasteiger partial charge in [0, 0.05) is 24.7 Å². The number of carbonyl (C=O) groups excluding carboxylic acids is 1. The normalized spacial score (nSPS) is 16.1. The molecule has 100 valence electrons. The monoisotopic (exact) mass is 259 g/mol. The predicted molar refractivity (Wildman–Crippen MR) is 74.1 cm³/mol. The first-order valence-electron chi connectivity index (χ1n) is 6.40. The summed E-state index contributed by atoms with van der Waals surface area (Å²) in [6.07, 6.45) is 5.28. The molecule has 0 spiro atoms. The molecular weight excluding hydrogens is 242 g/mol. The molecule has 4 heteroatoms. The van der Waals surface area contributed by atoms with Crippen molar-refractivity contribution in [2.45, 2.75) is 26.2 Å². The maximum absolute atomic E-state index is 11.9. The van der Waals surface area contributed by atoms with Gasteiger partial charge in [-0.2, -0.15) is 0 Å². The molecule has 2 rings (SSSR count). The zero-order chi connectivity index (χ0) is 13.8. The van der Waals surface area contributed by atoms with Crippen LogP contribution < -0.4 is 4.90 Å². The number of aliphatic carboxylic acids is 1. The average molecular weight is 259 g/mol. The summed E-state index contributed by atoms with van der Waals surface area (Å²) in [5, 5.41) is 8.60. The molecule has 4 nitrogen and oxygen atoms in total. The Hall–Kier alpha value is -2.10. The zero-order valence-electron chi connectivity index (χ0n) is 10.9. The highest BCUT2D eigenvalue weighted by atomic mass is 16.4. The third kappa shape index (κ3) is 3.22. The molecular formula is C15H17NO3.